The van der Waals surface area contributed by atoms with E-state index in [9.17, 15) is 4.79 Å². The topological polar surface area (TPSA) is 20.3 Å². The van der Waals surface area contributed by atoms with Gasteiger partial charge >= 0.3 is 0 Å². The van der Waals surface area contributed by atoms with Crippen molar-refractivity contribution in [2.45, 2.75) is 17.7 Å². The molecule has 0 aromatic heterocycles. The Morgan fingerprint density at radius 3 is 3.00 bits per heavy atom. The number of thioether (sulfide) groups is 1. The fourth-order valence-corrected chi connectivity index (χ4v) is 4.46. The number of amides is 1. The van der Waals surface area contributed by atoms with Crippen molar-refractivity contribution < 1.29 is 4.79 Å². The molecule has 2 fully saturated rings. The van der Waals surface area contributed by atoms with E-state index in [1.165, 1.54) is 0 Å². The van der Waals surface area contributed by atoms with Crippen LogP contribution < -0.4 is 0 Å². The molecular weight excluding hydrogens is 322 g/mol. The van der Waals surface area contributed by atoms with Gasteiger partial charge in [0.2, 0.25) is 0 Å². The minimum absolute atomic E-state index is 0.0732. The molecule has 0 N–H and O–H groups in total. The SMILES string of the molecule is O=C(c1cc(Br)ccc1Cl)N1CC2CC1CS2. The number of hydrogen-bond donors (Lipinski definition) is 0. The quantitative estimate of drug-likeness (QED) is 0.785. The molecule has 0 saturated carbocycles. The number of nitrogens with zero attached hydrogens (tertiary/aromatic N) is 1. The van der Waals surface area contributed by atoms with Gasteiger partial charge in [0.05, 0.1) is 10.6 Å². The molecule has 90 valence electrons. The van der Waals surface area contributed by atoms with E-state index in [1.54, 1.807) is 6.07 Å². The van der Waals surface area contributed by atoms with Crippen molar-refractivity contribution in [3.05, 3.63) is 33.3 Å². The first-order valence-corrected chi connectivity index (χ1v) is 7.75. The summed E-state index contributed by atoms with van der Waals surface area (Å²) in [7, 11) is 0. The molecule has 2 saturated heterocycles. The van der Waals surface area contributed by atoms with Gasteiger partial charge < -0.3 is 4.90 Å². The molecule has 2 nitrogen and oxygen atoms in total. The summed E-state index contributed by atoms with van der Waals surface area (Å²) in [5.41, 5.74) is 0.610. The molecule has 2 atom stereocenters. The lowest BCUT2D eigenvalue weighted by Gasteiger charge is -2.27. The smallest absolute Gasteiger partial charge is 0.255 e. The molecule has 0 spiro atoms. The second kappa shape index (κ2) is 4.48. The van der Waals surface area contributed by atoms with E-state index >= 15 is 0 Å². The highest BCUT2D eigenvalue weighted by Crippen LogP contribution is 2.38. The van der Waals surface area contributed by atoms with E-state index in [0.717, 1.165) is 23.2 Å². The van der Waals surface area contributed by atoms with Crippen LogP contribution in [0, 0.1) is 0 Å². The van der Waals surface area contributed by atoms with Crippen molar-refractivity contribution in [1.29, 1.82) is 0 Å². The van der Waals surface area contributed by atoms with Crippen LogP contribution in [0.2, 0.25) is 5.02 Å². The Balaban J connectivity index is 1.89. The number of halogens is 2. The van der Waals surface area contributed by atoms with Crippen molar-refractivity contribution >= 4 is 45.2 Å². The molecule has 2 heterocycles. The predicted molar refractivity (Wildman–Crippen MR) is 74.8 cm³/mol. The number of likely N-dealkylation sites (tertiary alicyclic amines) is 1. The molecule has 1 amide bonds. The highest BCUT2D eigenvalue weighted by molar-refractivity contribution is 9.10. The molecule has 2 aliphatic rings. The molecule has 0 radical (unpaired) electrons. The van der Waals surface area contributed by atoms with E-state index < -0.39 is 0 Å². The fraction of sp³-hybridized carbons (Fsp3) is 0.417. The maximum atomic E-state index is 12.4. The zero-order chi connectivity index (χ0) is 12.0. The van der Waals surface area contributed by atoms with Gasteiger partial charge in [-0.2, -0.15) is 11.8 Å². The van der Waals surface area contributed by atoms with Crippen LogP contribution in [0.3, 0.4) is 0 Å². The zero-order valence-electron chi connectivity index (χ0n) is 9.03. The van der Waals surface area contributed by atoms with Crippen LogP contribution in [0.1, 0.15) is 16.8 Å². The third kappa shape index (κ3) is 2.11. The van der Waals surface area contributed by atoms with Crippen molar-refractivity contribution in [3.63, 3.8) is 0 Å². The molecule has 5 heteroatoms. The number of hydrogen-bond acceptors (Lipinski definition) is 2. The van der Waals surface area contributed by atoms with Gasteiger partial charge in [0.25, 0.3) is 5.91 Å². The van der Waals surface area contributed by atoms with E-state index in [2.05, 4.69) is 15.9 Å². The Morgan fingerprint density at radius 1 is 1.53 bits per heavy atom. The zero-order valence-corrected chi connectivity index (χ0v) is 12.2. The molecule has 2 aliphatic heterocycles. The van der Waals surface area contributed by atoms with Gasteiger partial charge in [-0.15, -0.1) is 0 Å². The first-order chi connectivity index (χ1) is 8.15. The fourth-order valence-electron chi connectivity index (χ4n) is 2.46. The van der Waals surface area contributed by atoms with Crippen molar-refractivity contribution in [2.75, 3.05) is 12.3 Å². The van der Waals surface area contributed by atoms with E-state index in [4.69, 9.17) is 11.6 Å². The Kier molecular flexibility index (Phi) is 3.13. The third-order valence-corrected chi connectivity index (χ3v) is 5.53. The summed E-state index contributed by atoms with van der Waals surface area (Å²) in [5.74, 6) is 1.14. The summed E-state index contributed by atoms with van der Waals surface area (Å²) in [5, 5.41) is 1.17. The first-order valence-electron chi connectivity index (χ1n) is 5.53. The van der Waals surface area contributed by atoms with Gasteiger partial charge in [0.15, 0.2) is 0 Å². The minimum atomic E-state index is 0.0732. The van der Waals surface area contributed by atoms with E-state index in [1.807, 2.05) is 28.8 Å². The summed E-state index contributed by atoms with van der Waals surface area (Å²) in [4.78, 5) is 14.4. The van der Waals surface area contributed by atoms with Gasteiger partial charge in [0.1, 0.15) is 0 Å². The lowest BCUT2D eigenvalue weighted by atomic mass is 10.2. The van der Waals surface area contributed by atoms with Crippen molar-refractivity contribution in [3.8, 4) is 0 Å². The largest absolute Gasteiger partial charge is 0.334 e. The number of benzene rings is 1. The number of carbonyl (C=O) groups excluding carboxylic acids is 1. The molecule has 1 aromatic rings. The Hall–Kier alpha value is -0.190. The van der Waals surface area contributed by atoms with Crippen LogP contribution in [0.5, 0.6) is 0 Å². The first kappa shape index (κ1) is 11.9. The third-order valence-electron chi connectivity index (χ3n) is 3.32. The van der Waals surface area contributed by atoms with E-state index in [-0.39, 0.29) is 5.91 Å². The molecule has 17 heavy (non-hydrogen) atoms. The van der Waals surface area contributed by atoms with Crippen LogP contribution in [0.4, 0.5) is 0 Å². The van der Waals surface area contributed by atoms with Crippen molar-refractivity contribution in [2.24, 2.45) is 0 Å². The molecule has 0 aliphatic carbocycles. The van der Waals surface area contributed by atoms with Gasteiger partial charge in [-0.25, -0.2) is 0 Å². The molecule has 1 aromatic carbocycles. The van der Waals surface area contributed by atoms with Gasteiger partial charge in [0, 0.05) is 28.1 Å². The average Bonchev–Trinajstić information content (AvgIpc) is 2.93. The highest BCUT2D eigenvalue weighted by atomic mass is 79.9. The lowest BCUT2D eigenvalue weighted by molar-refractivity contribution is 0.0747. The number of fused-ring (bicyclic) bond motifs is 2. The van der Waals surface area contributed by atoms with Crippen LogP contribution >= 0.6 is 39.3 Å². The van der Waals surface area contributed by atoms with Crippen LogP contribution in [0.15, 0.2) is 22.7 Å². The normalized spacial score (nSPS) is 26.6. The van der Waals surface area contributed by atoms with Crippen molar-refractivity contribution in [1.82, 2.24) is 4.90 Å². The molecule has 2 bridgehead atoms. The Labute approximate surface area is 118 Å². The predicted octanol–water partition coefficient (Wildman–Crippen LogP) is 3.43. The number of rotatable bonds is 1. The van der Waals surface area contributed by atoms with Gasteiger partial charge in [-0.1, -0.05) is 27.5 Å². The lowest BCUT2D eigenvalue weighted by Crippen LogP contribution is -2.39. The summed E-state index contributed by atoms with van der Waals surface area (Å²) in [6.45, 7) is 0.872. The standard InChI is InChI=1S/C12H11BrClNOS/c13-7-1-2-11(14)10(3-7)12(16)15-5-9-4-8(15)6-17-9/h1-3,8-9H,4-6H2. The second-order valence-corrected chi connectivity index (χ2v) is 7.08. The monoisotopic (exact) mass is 331 g/mol. The summed E-state index contributed by atoms with van der Waals surface area (Å²) >= 11 is 11.5. The maximum absolute atomic E-state index is 12.4. The van der Waals surface area contributed by atoms with Gasteiger partial charge in [-0.05, 0) is 24.6 Å². The molecule has 3 rings (SSSR count). The average molecular weight is 333 g/mol. The highest BCUT2D eigenvalue weighted by Gasteiger charge is 2.41. The Morgan fingerprint density at radius 2 is 2.35 bits per heavy atom. The maximum Gasteiger partial charge on any atom is 0.255 e. The number of carbonyl (C=O) groups is 1. The molecular formula is C12H11BrClNOS. The summed E-state index contributed by atoms with van der Waals surface area (Å²) in [6.07, 6.45) is 1.14. The van der Waals surface area contributed by atoms with Gasteiger partial charge in [-0.3, -0.25) is 4.79 Å². The second-order valence-electron chi connectivity index (χ2n) is 4.43. The summed E-state index contributed by atoms with van der Waals surface area (Å²) < 4.78 is 0.893. The molecule has 2 unspecified atom stereocenters. The van der Waals surface area contributed by atoms with E-state index in [0.29, 0.717) is 21.9 Å². The van der Waals surface area contributed by atoms with Crippen LogP contribution in [0.25, 0.3) is 0 Å². The van der Waals surface area contributed by atoms with Crippen LogP contribution in [-0.2, 0) is 0 Å². The Bertz CT molecular complexity index is 482. The summed E-state index contributed by atoms with van der Waals surface area (Å²) in [6, 6.07) is 5.84. The van der Waals surface area contributed by atoms with Crippen LogP contribution in [-0.4, -0.2) is 34.4 Å². The minimum Gasteiger partial charge on any atom is -0.334 e.